The third-order valence-electron chi connectivity index (χ3n) is 3.66. The molecule has 8 heteroatoms. The first kappa shape index (κ1) is 12.5. The number of carbonyl (C=O) groups is 1. The number of carbonyl (C=O) groups excluding carboxylic acids is 1. The number of hydrogen-bond acceptors (Lipinski definition) is 4. The Morgan fingerprint density at radius 2 is 2.10 bits per heavy atom. The molecule has 0 unspecified atom stereocenters. The van der Waals surface area contributed by atoms with Gasteiger partial charge in [-0.05, 0) is 34.1 Å². The predicted molar refractivity (Wildman–Crippen MR) is 78.8 cm³/mol. The molecule has 0 bridgehead atoms. The van der Waals surface area contributed by atoms with Gasteiger partial charge in [-0.15, -0.1) is 0 Å². The highest BCUT2D eigenvalue weighted by Gasteiger charge is 2.33. The summed E-state index contributed by atoms with van der Waals surface area (Å²) in [5.41, 5.74) is 2.10. The zero-order valence-corrected chi connectivity index (χ0v) is 12.5. The smallest absolute Gasteiger partial charge is 0.254 e. The molecule has 1 amide bonds. The van der Waals surface area contributed by atoms with E-state index in [0.29, 0.717) is 24.2 Å². The van der Waals surface area contributed by atoms with Crippen LogP contribution in [0, 0.1) is 0 Å². The number of nitrogens with zero attached hydrogens (tertiary/aromatic N) is 5. The molecule has 0 atom stereocenters. The minimum Gasteiger partial charge on any atom is -0.334 e. The summed E-state index contributed by atoms with van der Waals surface area (Å²) in [5.74, 6) is 0.0161. The van der Waals surface area contributed by atoms with Crippen LogP contribution in [0.5, 0.6) is 0 Å². The normalized spacial score (nSPS) is 15.4. The molecule has 1 aromatic carbocycles. The first-order valence-corrected chi connectivity index (χ1v) is 7.29. The van der Waals surface area contributed by atoms with Crippen LogP contribution in [0.1, 0.15) is 16.4 Å². The molecule has 0 saturated carbocycles. The maximum absolute atomic E-state index is 12.4. The molecule has 0 radical (unpaired) electrons. The van der Waals surface area contributed by atoms with Gasteiger partial charge < -0.3 is 4.90 Å². The van der Waals surface area contributed by atoms with Gasteiger partial charge in [0.25, 0.3) is 5.91 Å². The number of nitrogens with one attached hydrogen (secondary N) is 1. The molecule has 1 N–H and O–H groups in total. The lowest BCUT2D eigenvalue weighted by molar-refractivity contribution is 0.0501. The number of aromatic nitrogens is 5. The number of fused-ring (bicyclic) bond motifs is 1. The SMILES string of the molecule is O=C(c1ccc2n[nH]nc2c1)N1CC(n2cc(Br)cn2)C1. The van der Waals surface area contributed by atoms with Crippen LogP contribution in [-0.2, 0) is 0 Å². The summed E-state index contributed by atoms with van der Waals surface area (Å²) < 4.78 is 2.83. The molecule has 0 spiro atoms. The highest BCUT2D eigenvalue weighted by atomic mass is 79.9. The fourth-order valence-electron chi connectivity index (χ4n) is 2.46. The van der Waals surface area contributed by atoms with E-state index in [0.717, 1.165) is 9.99 Å². The number of H-pyrrole nitrogens is 1. The fraction of sp³-hybridized carbons (Fsp3) is 0.231. The Hall–Kier alpha value is -2.22. The van der Waals surface area contributed by atoms with Crippen LogP contribution in [0.3, 0.4) is 0 Å². The maximum atomic E-state index is 12.4. The van der Waals surface area contributed by atoms with Crippen LogP contribution in [0.2, 0.25) is 0 Å². The Balaban J connectivity index is 1.49. The van der Waals surface area contributed by atoms with Gasteiger partial charge in [-0.1, -0.05) is 0 Å². The van der Waals surface area contributed by atoms with Crippen molar-refractivity contribution in [2.45, 2.75) is 6.04 Å². The van der Waals surface area contributed by atoms with E-state index in [-0.39, 0.29) is 11.9 Å². The summed E-state index contributed by atoms with van der Waals surface area (Å²) in [6.45, 7) is 1.34. The highest BCUT2D eigenvalue weighted by Crippen LogP contribution is 2.24. The third kappa shape index (κ3) is 2.11. The van der Waals surface area contributed by atoms with Crippen molar-refractivity contribution in [1.29, 1.82) is 0 Å². The lowest BCUT2D eigenvalue weighted by Gasteiger charge is -2.39. The molecule has 3 heterocycles. The number of benzene rings is 1. The molecule has 1 aliphatic heterocycles. The topological polar surface area (TPSA) is 79.7 Å². The molecule has 1 aliphatic rings. The van der Waals surface area contributed by atoms with Crippen LogP contribution < -0.4 is 0 Å². The van der Waals surface area contributed by atoms with Gasteiger partial charge in [-0.25, -0.2) is 0 Å². The van der Waals surface area contributed by atoms with Crippen molar-refractivity contribution in [2.24, 2.45) is 0 Å². The van der Waals surface area contributed by atoms with E-state index < -0.39 is 0 Å². The predicted octanol–water partition coefficient (Wildman–Crippen LogP) is 1.61. The van der Waals surface area contributed by atoms with E-state index in [4.69, 9.17) is 0 Å². The minimum atomic E-state index is 0.0161. The molecular weight excluding hydrogens is 336 g/mol. The number of aromatic amines is 1. The van der Waals surface area contributed by atoms with Crippen molar-refractivity contribution >= 4 is 32.9 Å². The molecule has 0 aliphatic carbocycles. The second-order valence-electron chi connectivity index (χ2n) is 5.03. The molecule has 2 aromatic heterocycles. The van der Waals surface area contributed by atoms with Crippen molar-refractivity contribution in [3.05, 3.63) is 40.6 Å². The Morgan fingerprint density at radius 3 is 2.86 bits per heavy atom. The minimum absolute atomic E-state index is 0.0161. The molecule has 1 saturated heterocycles. The van der Waals surface area contributed by atoms with Crippen LogP contribution in [-0.4, -0.2) is 49.1 Å². The van der Waals surface area contributed by atoms with Gasteiger partial charge in [0.2, 0.25) is 0 Å². The van der Waals surface area contributed by atoms with E-state index in [9.17, 15) is 4.79 Å². The number of amides is 1. The average Bonchev–Trinajstić information content (AvgIpc) is 3.05. The molecule has 21 heavy (non-hydrogen) atoms. The summed E-state index contributed by atoms with van der Waals surface area (Å²) in [4.78, 5) is 14.2. The molecule has 106 valence electrons. The average molecular weight is 347 g/mol. The lowest BCUT2D eigenvalue weighted by atomic mass is 10.1. The standard InChI is InChI=1S/C13H11BrN6O/c14-9-4-15-20(5-9)10-6-19(7-10)13(21)8-1-2-11-12(3-8)17-18-16-11/h1-5,10H,6-7H2,(H,16,17,18). The second kappa shape index (κ2) is 4.66. The van der Waals surface area contributed by atoms with Gasteiger partial charge in [0.1, 0.15) is 11.0 Å². The van der Waals surface area contributed by atoms with Crippen molar-refractivity contribution in [2.75, 3.05) is 13.1 Å². The summed E-state index contributed by atoms with van der Waals surface area (Å²) in [6, 6.07) is 5.59. The van der Waals surface area contributed by atoms with E-state index in [1.807, 2.05) is 15.8 Å². The van der Waals surface area contributed by atoms with Crippen molar-refractivity contribution in [3.8, 4) is 0 Å². The quantitative estimate of drug-likeness (QED) is 0.764. The number of halogens is 1. The third-order valence-corrected chi connectivity index (χ3v) is 4.07. The number of rotatable bonds is 2. The summed E-state index contributed by atoms with van der Waals surface area (Å²) in [5, 5.41) is 14.8. The Morgan fingerprint density at radius 1 is 1.29 bits per heavy atom. The molecule has 3 aromatic rings. The summed E-state index contributed by atoms with van der Waals surface area (Å²) >= 11 is 3.37. The van der Waals surface area contributed by atoms with Crippen LogP contribution in [0.15, 0.2) is 35.1 Å². The van der Waals surface area contributed by atoms with Gasteiger partial charge >= 0.3 is 0 Å². The lowest BCUT2D eigenvalue weighted by Crippen LogP contribution is -2.50. The second-order valence-corrected chi connectivity index (χ2v) is 5.95. The molecular formula is C13H11BrN6O. The van der Waals surface area contributed by atoms with Crippen LogP contribution in [0.25, 0.3) is 11.0 Å². The van der Waals surface area contributed by atoms with E-state index in [1.54, 1.807) is 24.4 Å². The van der Waals surface area contributed by atoms with Crippen molar-refractivity contribution in [3.63, 3.8) is 0 Å². The first-order chi connectivity index (χ1) is 10.2. The zero-order valence-electron chi connectivity index (χ0n) is 10.9. The van der Waals surface area contributed by atoms with Crippen LogP contribution in [0.4, 0.5) is 0 Å². The zero-order chi connectivity index (χ0) is 14.4. The van der Waals surface area contributed by atoms with Crippen molar-refractivity contribution < 1.29 is 4.79 Å². The van der Waals surface area contributed by atoms with Crippen LogP contribution >= 0.6 is 15.9 Å². The highest BCUT2D eigenvalue weighted by molar-refractivity contribution is 9.10. The fourth-order valence-corrected chi connectivity index (χ4v) is 2.76. The van der Waals surface area contributed by atoms with Gasteiger partial charge in [-0.3, -0.25) is 9.48 Å². The van der Waals surface area contributed by atoms with Gasteiger partial charge in [0.05, 0.1) is 16.7 Å². The van der Waals surface area contributed by atoms with Gasteiger partial charge in [0, 0.05) is 24.8 Å². The largest absolute Gasteiger partial charge is 0.334 e. The van der Waals surface area contributed by atoms with E-state index >= 15 is 0 Å². The molecule has 1 fully saturated rings. The maximum Gasteiger partial charge on any atom is 0.254 e. The number of likely N-dealkylation sites (tertiary alicyclic amines) is 1. The summed E-state index contributed by atoms with van der Waals surface area (Å²) in [6.07, 6.45) is 3.68. The van der Waals surface area contributed by atoms with Gasteiger partial charge in [-0.2, -0.15) is 20.5 Å². The Labute approximate surface area is 128 Å². The van der Waals surface area contributed by atoms with E-state index in [2.05, 4.69) is 36.4 Å². The molecule has 4 rings (SSSR count). The van der Waals surface area contributed by atoms with Crippen molar-refractivity contribution in [1.82, 2.24) is 30.1 Å². The Bertz CT molecular complexity index is 819. The first-order valence-electron chi connectivity index (χ1n) is 6.50. The monoisotopic (exact) mass is 346 g/mol. The Kier molecular flexibility index (Phi) is 2.78. The van der Waals surface area contributed by atoms with E-state index in [1.165, 1.54) is 0 Å². The summed E-state index contributed by atoms with van der Waals surface area (Å²) in [7, 11) is 0. The van der Waals surface area contributed by atoms with Gasteiger partial charge in [0.15, 0.2) is 0 Å². The molecule has 7 nitrogen and oxygen atoms in total. The number of hydrogen-bond donors (Lipinski definition) is 1.